The average Bonchev–Trinajstić information content (AvgIpc) is 3.25. The first-order valence-electron chi connectivity index (χ1n) is 9.69. The molecule has 32 heavy (non-hydrogen) atoms. The number of nitrogens with zero attached hydrogens (tertiary/aromatic N) is 6. The molecule has 1 aromatic carbocycles. The molecule has 0 saturated heterocycles. The van der Waals surface area contributed by atoms with Crippen LogP contribution in [0, 0.1) is 0 Å². The van der Waals surface area contributed by atoms with Crippen LogP contribution in [0.4, 0.5) is 5.69 Å². The van der Waals surface area contributed by atoms with Crippen molar-refractivity contribution in [2.75, 3.05) is 5.32 Å². The first-order chi connectivity index (χ1) is 15.4. The van der Waals surface area contributed by atoms with Crippen LogP contribution in [0.1, 0.15) is 10.4 Å². The van der Waals surface area contributed by atoms with Gasteiger partial charge >= 0.3 is 5.69 Å². The normalized spacial score (nSPS) is 11.2. The lowest BCUT2D eigenvalue weighted by molar-refractivity contribution is 0.102. The quantitative estimate of drug-likeness (QED) is 0.468. The van der Waals surface area contributed by atoms with Gasteiger partial charge in [-0.3, -0.25) is 23.3 Å². The van der Waals surface area contributed by atoms with Crippen LogP contribution in [0.15, 0.2) is 70.8 Å². The molecule has 0 saturated carbocycles. The maximum absolute atomic E-state index is 12.7. The molecular weight excluding hydrogens is 410 g/mol. The Kier molecular flexibility index (Phi) is 4.40. The van der Waals surface area contributed by atoms with Crippen LogP contribution in [0.25, 0.3) is 27.9 Å². The lowest BCUT2D eigenvalue weighted by Crippen LogP contribution is -2.37. The van der Waals surface area contributed by atoms with Gasteiger partial charge in [0.2, 0.25) is 0 Å². The van der Waals surface area contributed by atoms with Crippen molar-refractivity contribution in [3.8, 4) is 5.82 Å². The van der Waals surface area contributed by atoms with E-state index >= 15 is 0 Å². The number of nitrogens with one attached hydrogen (secondary N) is 1. The van der Waals surface area contributed by atoms with E-state index in [2.05, 4.69) is 20.3 Å². The molecule has 0 spiro atoms. The molecule has 0 aliphatic carbocycles. The Morgan fingerprint density at radius 2 is 1.75 bits per heavy atom. The zero-order valence-corrected chi connectivity index (χ0v) is 17.2. The van der Waals surface area contributed by atoms with Crippen molar-refractivity contribution in [3.63, 3.8) is 0 Å². The number of aryl methyl sites for hydroxylation is 1. The fourth-order valence-electron chi connectivity index (χ4n) is 3.54. The number of imidazole rings is 1. The van der Waals surface area contributed by atoms with Gasteiger partial charge in [0.15, 0.2) is 0 Å². The van der Waals surface area contributed by atoms with Gasteiger partial charge in [-0.25, -0.2) is 19.7 Å². The molecule has 5 aromatic rings. The number of benzene rings is 1. The number of carbonyl (C=O) groups excluding carboxylic acids is 1. The van der Waals surface area contributed by atoms with Crippen LogP contribution in [0.5, 0.6) is 0 Å². The third kappa shape index (κ3) is 3.05. The van der Waals surface area contributed by atoms with E-state index in [-0.39, 0.29) is 16.6 Å². The largest absolute Gasteiger partial charge is 0.332 e. The van der Waals surface area contributed by atoms with E-state index in [0.717, 1.165) is 15.6 Å². The van der Waals surface area contributed by atoms with Crippen molar-refractivity contribution in [1.82, 2.24) is 28.7 Å². The second-order valence-electron chi connectivity index (χ2n) is 7.26. The number of aromatic nitrogens is 6. The molecule has 0 fully saturated rings. The van der Waals surface area contributed by atoms with Crippen LogP contribution in [-0.4, -0.2) is 34.6 Å². The van der Waals surface area contributed by atoms with Crippen molar-refractivity contribution < 1.29 is 4.79 Å². The summed E-state index contributed by atoms with van der Waals surface area (Å²) in [5, 5.41) is 2.93. The number of pyridine rings is 2. The molecule has 4 heterocycles. The third-order valence-electron chi connectivity index (χ3n) is 5.26. The van der Waals surface area contributed by atoms with Gasteiger partial charge in [-0.15, -0.1) is 0 Å². The Bertz CT molecular complexity index is 1630. The molecule has 0 aliphatic heterocycles. The van der Waals surface area contributed by atoms with Gasteiger partial charge in [0.25, 0.3) is 11.5 Å². The van der Waals surface area contributed by atoms with Crippen molar-refractivity contribution >= 4 is 33.7 Å². The summed E-state index contributed by atoms with van der Waals surface area (Å²) in [6.45, 7) is 0. The minimum Gasteiger partial charge on any atom is -0.321 e. The Balaban J connectivity index is 1.43. The highest BCUT2D eigenvalue weighted by Crippen LogP contribution is 2.18. The summed E-state index contributed by atoms with van der Waals surface area (Å²) in [6.07, 6.45) is 4.56. The molecule has 0 atom stereocenters. The monoisotopic (exact) mass is 427 g/mol. The molecule has 10 nitrogen and oxygen atoms in total. The Morgan fingerprint density at radius 1 is 0.938 bits per heavy atom. The van der Waals surface area contributed by atoms with Crippen LogP contribution < -0.4 is 16.6 Å². The van der Waals surface area contributed by atoms with Gasteiger partial charge in [-0.1, -0.05) is 12.1 Å². The van der Waals surface area contributed by atoms with Gasteiger partial charge in [-0.2, -0.15) is 0 Å². The molecule has 5 rings (SSSR count). The lowest BCUT2D eigenvalue weighted by Gasteiger charge is -2.09. The Morgan fingerprint density at radius 3 is 2.53 bits per heavy atom. The van der Waals surface area contributed by atoms with E-state index in [1.807, 2.05) is 28.8 Å². The summed E-state index contributed by atoms with van der Waals surface area (Å²) in [6, 6.07) is 12.6. The SMILES string of the molecule is Cn1c(=O)c2cc(C(=O)Nc3ccc(-n4cnc5ccccc54)nc3)cnc2n(C)c1=O. The summed E-state index contributed by atoms with van der Waals surface area (Å²) < 4.78 is 4.10. The van der Waals surface area contributed by atoms with E-state index < -0.39 is 17.2 Å². The summed E-state index contributed by atoms with van der Waals surface area (Å²) in [5.41, 5.74) is 1.68. The van der Waals surface area contributed by atoms with Gasteiger partial charge in [0.05, 0.1) is 33.9 Å². The maximum Gasteiger partial charge on any atom is 0.332 e. The van der Waals surface area contributed by atoms with Gasteiger partial charge < -0.3 is 5.32 Å². The number of hydrogen-bond donors (Lipinski definition) is 1. The standard InChI is InChI=1S/C22H17N7O3/c1-27-19-15(21(31)28(2)22(27)32)9-13(10-24-19)20(30)26-14-7-8-18(23-11-14)29-12-25-16-5-3-4-6-17(16)29/h3-12H,1-2H3,(H,26,30). The van der Waals surface area contributed by atoms with Crippen molar-refractivity contribution in [2.45, 2.75) is 0 Å². The van der Waals surface area contributed by atoms with Crippen LogP contribution >= 0.6 is 0 Å². The first-order valence-corrected chi connectivity index (χ1v) is 9.69. The fraction of sp³-hybridized carbons (Fsp3) is 0.0909. The van der Waals surface area contributed by atoms with Gasteiger partial charge in [0.1, 0.15) is 17.8 Å². The lowest BCUT2D eigenvalue weighted by atomic mass is 10.2. The maximum atomic E-state index is 12.7. The third-order valence-corrected chi connectivity index (χ3v) is 5.26. The number of hydrogen-bond acceptors (Lipinski definition) is 6. The highest BCUT2D eigenvalue weighted by atomic mass is 16.2. The van der Waals surface area contributed by atoms with Crippen molar-refractivity contribution in [3.05, 3.63) is 87.6 Å². The summed E-state index contributed by atoms with van der Waals surface area (Å²) in [5.74, 6) is 0.214. The Labute approximate surface area is 180 Å². The summed E-state index contributed by atoms with van der Waals surface area (Å²) in [7, 11) is 2.90. The molecular formula is C22H17N7O3. The number of rotatable bonds is 3. The first kappa shape index (κ1) is 19.4. The minimum absolute atomic E-state index is 0.183. The second kappa shape index (κ2) is 7.27. The van der Waals surface area contributed by atoms with Crippen LogP contribution in [0.2, 0.25) is 0 Å². The molecule has 158 valence electrons. The van der Waals surface area contributed by atoms with E-state index in [4.69, 9.17) is 0 Å². The van der Waals surface area contributed by atoms with Gasteiger partial charge in [0, 0.05) is 20.3 Å². The predicted molar refractivity (Wildman–Crippen MR) is 119 cm³/mol. The highest BCUT2D eigenvalue weighted by molar-refractivity contribution is 6.05. The molecule has 10 heteroatoms. The number of fused-ring (bicyclic) bond motifs is 2. The number of anilines is 1. The van der Waals surface area contributed by atoms with E-state index in [9.17, 15) is 14.4 Å². The minimum atomic E-state index is -0.510. The molecule has 0 bridgehead atoms. The van der Waals surface area contributed by atoms with Crippen molar-refractivity contribution in [2.24, 2.45) is 14.1 Å². The zero-order chi connectivity index (χ0) is 22.4. The molecule has 1 amide bonds. The molecule has 1 N–H and O–H groups in total. The van der Waals surface area contributed by atoms with Crippen molar-refractivity contribution in [1.29, 1.82) is 0 Å². The molecule has 0 unspecified atom stereocenters. The topological polar surface area (TPSA) is 117 Å². The number of para-hydroxylation sites is 2. The van der Waals surface area contributed by atoms with E-state index in [1.165, 1.54) is 30.9 Å². The summed E-state index contributed by atoms with van der Waals surface area (Å²) >= 11 is 0. The smallest absolute Gasteiger partial charge is 0.321 e. The average molecular weight is 427 g/mol. The van der Waals surface area contributed by atoms with E-state index in [1.54, 1.807) is 24.7 Å². The predicted octanol–water partition coefficient (Wildman–Crippen LogP) is 1.62. The zero-order valence-electron chi connectivity index (χ0n) is 17.2. The van der Waals surface area contributed by atoms with Crippen LogP contribution in [0.3, 0.4) is 0 Å². The molecule has 0 aliphatic rings. The van der Waals surface area contributed by atoms with Gasteiger partial charge in [-0.05, 0) is 30.3 Å². The summed E-state index contributed by atoms with van der Waals surface area (Å²) in [4.78, 5) is 50.1. The number of amides is 1. The van der Waals surface area contributed by atoms with Crippen LogP contribution in [-0.2, 0) is 14.1 Å². The highest BCUT2D eigenvalue weighted by Gasteiger charge is 2.14. The molecule has 4 aromatic heterocycles. The molecule has 0 radical (unpaired) electrons. The second-order valence-corrected chi connectivity index (χ2v) is 7.26. The fourth-order valence-corrected chi connectivity index (χ4v) is 3.54. The number of carbonyl (C=O) groups is 1. The van der Waals surface area contributed by atoms with E-state index in [0.29, 0.717) is 11.5 Å². The Hall–Kier alpha value is -4.60.